The van der Waals surface area contributed by atoms with Gasteiger partial charge in [0.1, 0.15) is 0 Å². The summed E-state index contributed by atoms with van der Waals surface area (Å²) < 4.78 is 12.4. The Morgan fingerprint density at radius 1 is 1.00 bits per heavy atom. The van der Waals surface area contributed by atoms with E-state index in [1.807, 2.05) is 0 Å². The van der Waals surface area contributed by atoms with Gasteiger partial charge in [-0.15, -0.1) is 0 Å². The maximum atomic E-state index is 6.28. The molecule has 0 N–H and O–H groups in total. The third kappa shape index (κ3) is 4.07. The molecule has 1 atom stereocenters. The van der Waals surface area contributed by atoms with Crippen molar-refractivity contribution >= 4 is 8.56 Å². The SMILES string of the molecule is CCO[Si](C)(OCCC1CC1)C1CCCCC1. The molecule has 2 nitrogen and oxygen atoms in total. The molecule has 0 radical (unpaired) electrons. The van der Waals surface area contributed by atoms with E-state index in [2.05, 4.69) is 13.5 Å². The number of rotatable bonds is 7. The lowest BCUT2D eigenvalue weighted by atomic mass is 10.0. The van der Waals surface area contributed by atoms with Crippen LogP contribution < -0.4 is 0 Å². The fourth-order valence-electron chi connectivity index (χ4n) is 3.03. The van der Waals surface area contributed by atoms with Crippen LogP contribution in [-0.2, 0) is 8.85 Å². The molecule has 2 fully saturated rings. The van der Waals surface area contributed by atoms with Crippen molar-refractivity contribution in [1.29, 1.82) is 0 Å². The zero-order valence-electron chi connectivity index (χ0n) is 11.5. The molecule has 0 bridgehead atoms. The normalized spacial score (nSPS) is 25.8. The van der Waals surface area contributed by atoms with Crippen LogP contribution in [0.2, 0.25) is 12.1 Å². The van der Waals surface area contributed by atoms with Gasteiger partial charge in [0.2, 0.25) is 0 Å². The highest BCUT2D eigenvalue weighted by atomic mass is 28.4. The average molecular weight is 256 g/mol. The first kappa shape index (κ1) is 13.6. The lowest BCUT2D eigenvalue weighted by Gasteiger charge is -2.36. The zero-order chi connectivity index (χ0) is 12.1. The van der Waals surface area contributed by atoms with Gasteiger partial charge >= 0.3 is 8.56 Å². The second-order valence-corrected chi connectivity index (χ2v) is 9.29. The van der Waals surface area contributed by atoms with Crippen molar-refractivity contribution < 1.29 is 8.85 Å². The third-order valence-electron chi connectivity index (χ3n) is 4.39. The van der Waals surface area contributed by atoms with Crippen molar-refractivity contribution in [3.05, 3.63) is 0 Å². The molecule has 0 saturated heterocycles. The second-order valence-electron chi connectivity index (χ2n) is 5.86. The molecule has 2 aliphatic carbocycles. The smallest absolute Gasteiger partial charge is 0.338 e. The summed E-state index contributed by atoms with van der Waals surface area (Å²) in [7, 11) is -1.89. The summed E-state index contributed by atoms with van der Waals surface area (Å²) in [4.78, 5) is 0. The summed E-state index contributed by atoms with van der Waals surface area (Å²) in [6, 6.07) is 0. The van der Waals surface area contributed by atoms with Gasteiger partial charge in [-0.05, 0) is 38.7 Å². The van der Waals surface area contributed by atoms with Crippen molar-refractivity contribution in [2.75, 3.05) is 13.2 Å². The number of hydrogen-bond donors (Lipinski definition) is 0. The summed E-state index contributed by atoms with van der Waals surface area (Å²) in [6.07, 6.45) is 11.0. The molecule has 3 heteroatoms. The van der Waals surface area contributed by atoms with E-state index in [4.69, 9.17) is 8.85 Å². The summed E-state index contributed by atoms with van der Waals surface area (Å²) in [5.74, 6) is 0.973. The van der Waals surface area contributed by atoms with Crippen LogP contribution in [0.5, 0.6) is 0 Å². The van der Waals surface area contributed by atoms with Crippen LogP contribution in [-0.4, -0.2) is 21.8 Å². The van der Waals surface area contributed by atoms with E-state index in [1.54, 1.807) is 0 Å². The summed E-state index contributed by atoms with van der Waals surface area (Å²) >= 11 is 0. The Morgan fingerprint density at radius 2 is 1.71 bits per heavy atom. The fraction of sp³-hybridized carbons (Fsp3) is 1.00. The summed E-state index contributed by atoms with van der Waals surface area (Å²) in [6.45, 7) is 6.18. The van der Waals surface area contributed by atoms with E-state index in [9.17, 15) is 0 Å². The quantitative estimate of drug-likeness (QED) is 0.634. The molecule has 2 rings (SSSR count). The molecule has 2 saturated carbocycles. The van der Waals surface area contributed by atoms with Crippen LogP contribution in [0.4, 0.5) is 0 Å². The van der Waals surface area contributed by atoms with E-state index in [0.29, 0.717) is 0 Å². The minimum Gasteiger partial charge on any atom is -0.394 e. The molecule has 0 aliphatic heterocycles. The Morgan fingerprint density at radius 3 is 2.29 bits per heavy atom. The third-order valence-corrected chi connectivity index (χ3v) is 8.09. The Hall–Kier alpha value is 0.137. The Bertz CT molecular complexity index is 224. The number of hydrogen-bond acceptors (Lipinski definition) is 2. The molecule has 0 heterocycles. The van der Waals surface area contributed by atoms with Crippen LogP contribution in [0.3, 0.4) is 0 Å². The van der Waals surface area contributed by atoms with Crippen LogP contribution in [0, 0.1) is 5.92 Å². The molecular weight excluding hydrogens is 228 g/mol. The highest BCUT2D eigenvalue weighted by Crippen LogP contribution is 2.39. The lowest BCUT2D eigenvalue weighted by Crippen LogP contribution is -2.45. The molecule has 100 valence electrons. The van der Waals surface area contributed by atoms with E-state index >= 15 is 0 Å². The molecular formula is C14H28O2Si. The highest BCUT2D eigenvalue weighted by molar-refractivity contribution is 6.67. The van der Waals surface area contributed by atoms with Crippen molar-refractivity contribution in [1.82, 2.24) is 0 Å². The molecule has 0 aromatic heterocycles. The predicted octanol–water partition coefficient (Wildman–Crippen LogP) is 4.25. The topological polar surface area (TPSA) is 18.5 Å². The first-order valence-corrected chi connectivity index (χ1v) is 9.92. The van der Waals surface area contributed by atoms with Crippen LogP contribution in [0.1, 0.15) is 58.3 Å². The maximum Gasteiger partial charge on any atom is 0.338 e. The van der Waals surface area contributed by atoms with Crippen molar-refractivity contribution in [3.8, 4) is 0 Å². The van der Waals surface area contributed by atoms with Crippen molar-refractivity contribution in [3.63, 3.8) is 0 Å². The van der Waals surface area contributed by atoms with Crippen LogP contribution in [0.15, 0.2) is 0 Å². The average Bonchev–Trinajstić information content (AvgIpc) is 3.15. The molecule has 2 aliphatic rings. The minimum absolute atomic E-state index is 0.746. The Balaban J connectivity index is 1.81. The van der Waals surface area contributed by atoms with Gasteiger partial charge in [0.05, 0.1) is 0 Å². The zero-order valence-corrected chi connectivity index (χ0v) is 12.5. The maximum absolute atomic E-state index is 6.28. The van der Waals surface area contributed by atoms with Crippen LogP contribution in [0.25, 0.3) is 0 Å². The van der Waals surface area contributed by atoms with Gasteiger partial charge in [-0.25, -0.2) is 0 Å². The predicted molar refractivity (Wildman–Crippen MR) is 73.4 cm³/mol. The van der Waals surface area contributed by atoms with Gasteiger partial charge < -0.3 is 8.85 Å². The van der Waals surface area contributed by atoms with Crippen molar-refractivity contribution in [2.45, 2.75) is 70.4 Å². The standard InChI is InChI=1S/C14H28O2Si/c1-3-15-17(2,14-7-5-4-6-8-14)16-12-11-13-9-10-13/h13-14H,3-12H2,1-2H3. The Labute approximate surface area is 107 Å². The molecule has 0 spiro atoms. The van der Waals surface area contributed by atoms with Gasteiger partial charge in [0, 0.05) is 18.8 Å². The van der Waals surface area contributed by atoms with E-state index in [-0.39, 0.29) is 0 Å². The molecule has 1 unspecified atom stereocenters. The summed E-state index contributed by atoms with van der Waals surface area (Å²) in [5, 5.41) is 0. The van der Waals surface area contributed by atoms with Gasteiger partial charge in [0.15, 0.2) is 0 Å². The Kier molecular flexibility index (Phi) is 5.06. The van der Waals surface area contributed by atoms with Gasteiger partial charge in [-0.2, -0.15) is 0 Å². The van der Waals surface area contributed by atoms with Crippen LogP contribution >= 0.6 is 0 Å². The molecule has 0 aromatic rings. The fourth-order valence-corrected chi connectivity index (χ4v) is 6.13. The molecule has 17 heavy (non-hydrogen) atoms. The van der Waals surface area contributed by atoms with Crippen molar-refractivity contribution in [2.24, 2.45) is 5.92 Å². The summed E-state index contributed by atoms with van der Waals surface area (Å²) in [5.41, 5.74) is 0.746. The van der Waals surface area contributed by atoms with E-state index in [0.717, 1.165) is 24.7 Å². The first-order chi connectivity index (χ1) is 8.24. The molecule has 0 aromatic carbocycles. The highest BCUT2D eigenvalue weighted by Gasteiger charge is 2.41. The van der Waals surface area contributed by atoms with E-state index < -0.39 is 8.56 Å². The van der Waals surface area contributed by atoms with Gasteiger partial charge in [-0.1, -0.05) is 32.1 Å². The largest absolute Gasteiger partial charge is 0.394 e. The minimum atomic E-state index is -1.89. The lowest BCUT2D eigenvalue weighted by molar-refractivity contribution is 0.159. The monoisotopic (exact) mass is 256 g/mol. The van der Waals surface area contributed by atoms with Gasteiger partial charge in [0.25, 0.3) is 0 Å². The first-order valence-electron chi connectivity index (χ1n) is 7.52. The van der Waals surface area contributed by atoms with E-state index in [1.165, 1.54) is 51.4 Å². The molecule has 0 amide bonds. The second kappa shape index (κ2) is 6.35. The van der Waals surface area contributed by atoms with Gasteiger partial charge in [-0.3, -0.25) is 0 Å².